The molecule has 1 aliphatic heterocycles. The van der Waals surface area contributed by atoms with Gasteiger partial charge in [0.1, 0.15) is 11.3 Å². The topological polar surface area (TPSA) is 116 Å². The van der Waals surface area contributed by atoms with Crippen molar-refractivity contribution in [2.24, 2.45) is 24.6 Å². The molecule has 0 spiro atoms. The number of carbonyl (C=O) groups excluding carboxylic acids is 1. The number of aliphatic hydroxyl groups is 1. The molecule has 1 amide bonds. The van der Waals surface area contributed by atoms with Crippen LogP contribution >= 0.6 is 0 Å². The van der Waals surface area contributed by atoms with E-state index < -0.39 is 6.10 Å². The molecule has 1 saturated heterocycles. The van der Waals surface area contributed by atoms with E-state index in [-0.39, 0.29) is 18.0 Å². The fraction of sp³-hybridized carbons (Fsp3) is 0.441. The minimum Gasteiger partial charge on any atom is -0.494 e. The average Bonchev–Trinajstić information content (AvgIpc) is 3.30. The first-order chi connectivity index (χ1) is 21.3. The second-order valence-electron chi connectivity index (χ2n) is 13.1. The fourth-order valence-corrected chi connectivity index (χ4v) is 7.63. The van der Waals surface area contributed by atoms with Crippen LogP contribution in [0.15, 0.2) is 48.8 Å². The van der Waals surface area contributed by atoms with Crippen LogP contribution in [0.4, 0.5) is 0 Å². The van der Waals surface area contributed by atoms with E-state index in [1.807, 2.05) is 36.5 Å². The van der Waals surface area contributed by atoms with Crippen LogP contribution in [0.1, 0.15) is 43.0 Å². The summed E-state index contributed by atoms with van der Waals surface area (Å²) in [5.41, 5.74) is 12.9. The van der Waals surface area contributed by atoms with Gasteiger partial charge in [-0.25, -0.2) is 4.98 Å². The van der Waals surface area contributed by atoms with Gasteiger partial charge in [-0.1, -0.05) is 18.2 Å². The summed E-state index contributed by atoms with van der Waals surface area (Å²) >= 11 is 0. The second-order valence-corrected chi connectivity index (χ2v) is 13.1. The van der Waals surface area contributed by atoms with Gasteiger partial charge in [-0.2, -0.15) is 5.10 Å². The van der Waals surface area contributed by atoms with Crippen molar-refractivity contribution < 1.29 is 14.6 Å². The van der Waals surface area contributed by atoms with Crippen molar-refractivity contribution in [2.45, 2.75) is 63.9 Å². The van der Waals surface area contributed by atoms with Crippen LogP contribution in [0.5, 0.6) is 5.75 Å². The summed E-state index contributed by atoms with van der Waals surface area (Å²) in [6, 6.07) is 12.6. The molecule has 3 fully saturated rings. The first kappa shape index (κ1) is 27.4. The van der Waals surface area contributed by atoms with E-state index in [9.17, 15) is 9.90 Å². The van der Waals surface area contributed by atoms with E-state index in [2.05, 4.69) is 38.5 Å². The number of nitrogens with zero attached hydrogens (tertiary/aromatic N) is 6. The van der Waals surface area contributed by atoms with Crippen LogP contribution in [0.3, 0.4) is 0 Å². The number of nitrogens with two attached hydrogens (primary N) is 1. The number of aliphatic hydroxyl groups excluding tert-OH is 1. The average molecular weight is 594 g/mol. The summed E-state index contributed by atoms with van der Waals surface area (Å²) < 4.78 is 12.2. The van der Waals surface area contributed by atoms with E-state index in [4.69, 9.17) is 15.5 Å². The molecule has 4 heterocycles. The highest BCUT2D eigenvalue weighted by Gasteiger charge is 2.47. The normalized spacial score (nSPS) is 22.0. The highest BCUT2D eigenvalue weighted by molar-refractivity contribution is 6.01. The number of carbonyl (C=O) groups is 1. The Labute approximate surface area is 256 Å². The molecule has 44 heavy (non-hydrogen) atoms. The number of amides is 1. The van der Waals surface area contributed by atoms with Crippen molar-refractivity contribution in [3.05, 3.63) is 54.4 Å². The van der Waals surface area contributed by atoms with Crippen molar-refractivity contribution in [1.29, 1.82) is 0 Å². The molecule has 2 aromatic carbocycles. The van der Waals surface area contributed by atoms with Gasteiger partial charge in [-0.15, -0.1) is 0 Å². The Morgan fingerprint density at radius 2 is 2.00 bits per heavy atom. The lowest BCUT2D eigenvalue weighted by Crippen LogP contribution is -2.41. The predicted octanol–water partition coefficient (Wildman–Crippen LogP) is 4.42. The molecular weight excluding hydrogens is 554 g/mol. The molecule has 3 aromatic heterocycles. The van der Waals surface area contributed by atoms with E-state index in [0.717, 1.165) is 70.5 Å². The highest BCUT2D eigenvalue weighted by Crippen LogP contribution is 2.41. The van der Waals surface area contributed by atoms with Crippen LogP contribution in [0, 0.1) is 11.8 Å². The molecule has 8 rings (SSSR count). The number of hydrogen-bond donors (Lipinski definition) is 2. The van der Waals surface area contributed by atoms with Gasteiger partial charge in [0.15, 0.2) is 5.82 Å². The third-order valence-electron chi connectivity index (χ3n) is 10.00. The predicted molar refractivity (Wildman–Crippen MR) is 169 cm³/mol. The molecule has 0 radical (unpaired) electrons. The number of aromatic nitrogens is 5. The van der Waals surface area contributed by atoms with E-state index >= 15 is 0 Å². The molecule has 2 bridgehead atoms. The first-order valence-electron chi connectivity index (χ1n) is 15.7. The summed E-state index contributed by atoms with van der Waals surface area (Å²) in [6.45, 7) is 3.84. The maximum Gasteiger partial charge on any atom is 0.254 e. The number of rotatable bonds is 8. The summed E-state index contributed by atoms with van der Waals surface area (Å²) in [6.07, 6.45) is 7.92. The van der Waals surface area contributed by atoms with Gasteiger partial charge in [0, 0.05) is 60.5 Å². The molecule has 228 valence electrons. The largest absolute Gasteiger partial charge is 0.494 e. The Hall–Kier alpha value is -4.15. The number of piperidine rings is 1. The number of ether oxygens (including phenoxy) is 1. The van der Waals surface area contributed by atoms with Crippen LogP contribution in [-0.4, -0.2) is 71.7 Å². The SMILES string of the molecule is COc1cc(C(=O)N2C[C@H]3CC[C@@H]2[C@@H]3N)cc2nc(-c3cc4cccc(-c5cnn(C[C@@H](C)O)c5)c4n3CC3CC3)n(C)c12. The number of benzene rings is 2. The van der Waals surface area contributed by atoms with Gasteiger partial charge < -0.3 is 29.6 Å². The second kappa shape index (κ2) is 10.2. The lowest BCUT2D eigenvalue weighted by atomic mass is 10.1. The summed E-state index contributed by atoms with van der Waals surface area (Å²) in [7, 11) is 3.67. The van der Waals surface area contributed by atoms with Gasteiger partial charge in [0.25, 0.3) is 5.91 Å². The third-order valence-corrected chi connectivity index (χ3v) is 10.00. The minimum atomic E-state index is -0.475. The van der Waals surface area contributed by atoms with Crippen LogP contribution < -0.4 is 10.5 Å². The van der Waals surface area contributed by atoms with Crippen molar-refractivity contribution in [1.82, 2.24) is 28.8 Å². The number of methoxy groups -OCH3 is 1. The van der Waals surface area contributed by atoms with Gasteiger partial charge in [-0.3, -0.25) is 9.48 Å². The maximum absolute atomic E-state index is 13.7. The number of imidazole rings is 1. The Kier molecular flexibility index (Phi) is 6.36. The summed E-state index contributed by atoms with van der Waals surface area (Å²) in [4.78, 5) is 20.9. The van der Waals surface area contributed by atoms with Gasteiger partial charge in [0.2, 0.25) is 0 Å². The standard InChI is InChI=1S/C34H39N7O3/c1-19(42)15-39-17-24(14-36-39)25-6-4-5-21-12-28(40(31(21)25)16-20-7-8-20)33-37-26-11-23(13-29(44-3)32(26)38(33)2)34(43)41-18-22-9-10-27(41)30(22)35/h4-6,11-14,17,19-20,22,27,30,42H,7-10,15-16,18,35H2,1-3H3/t19-,22-,27-,30-/m1/s1. The van der Waals surface area contributed by atoms with Crippen LogP contribution in [0.2, 0.25) is 0 Å². The molecule has 2 aliphatic carbocycles. The van der Waals surface area contributed by atoms with Gasteiger partial charge >= 0.3 is 0 Å². The number of para-hydroxylation sites is 1. The number of likely N-dealkylation sites (tertiary alicyclic amines) is 1. The molecule has 2 saturated carbocycles. The lowest BCUT2D eigenvalue weighted by Gasteiger charge is -2.27. The zero-order chi connectivity index (χ0) is 30.3. The zero-order valence-electron chi connectivity index (χ0n) is 25.5. The molecular formula is C34H39N7O3. The number of hydrogen-bond acceptors (Lipinski definition) is 6. The monoisotopic (exact) mass is 593 g/mol. The van der Waals surface area contributed by atoms with Crippen molar-refractivity contribution in [3.8, 4) is 28.4 Å². The molecule has 0 unspecified atom stereocenters. The minimum absolute atomic E-state index is 0.00341. The first-order valence-corrected chi connectivity index (χ1v) is 15.7. The quantitative estimate of drug-likeness (QED) is 0.275. The number of fused-ring (bicyclic) bond motifs is 4. The van der Waals surface area contributed by atoms with E-state index in [1.54, 1.807) is 18.7 Å². The summed E-state index contributed by atoms with van der Waals surface area (Å²) in [5, 5.41) is 15.5. The fourth-order valence-electron chi connectivity index (χ4n) is 7.63. The molecule has 3 aliphatic rings. The summed E-state index contributed by atoms with van der Waals surface area (Å²) in [5.74, 6) is 2.49. The number of aryl methyl sites for hydroxylation is 1. The Balaban J connectivity index is 1.25. The van der Waals surface area contributed by atoms with E-state index in [0.29, 0.717) is 29.7 Å². The Bertz CT molecular complexity index is 1910. The van der Waals surface area contributed by atoms with Crippen molar-refractivity contribution in [3.63, 3.8) is 0 Å². The lowest BCUT2D eigenvalue weighted by molar-refractivity contribution is 0.0700. The van der Waals surface area contributed by atoms with Crippen LogP contribution in [0.25, 0.3) is 44.6 Å². The molecule has 3 N–H and O–H groups in total. The Morgan fingerprint density at radius 1 is 1.16 bits per heavy atom. The Morgan fingerprint density at radius 3 is 2.70 bits per heavy atom. The molecule has 10 nitrogen and oxygen atoms in total. The third kappa shape index (κ3) is 4.34. The maximum atomic E-state index is 13.7. The van der Waals surface area contributed by atoms with Gasteiger partial charge in [-0.05, 0) is 62.6 Å². The van der Waals surface area contributed by atoms with Gasteiger partial charge in [0.05, 0.1) is 42.7 Å². The highest BCUT2D eigenvalue weighted by atomic mass is 16.5. The molecule has 10 heteroatoms. The molecule has 4 atom stereocenters. The smallest absolute Gasteiger partial charge is 0.254 e. The zero-order valence-corrected chi connectivity index (χ0v) is 25.5. The molecule has 5 aromatic rings. The van der Waals surface area contributed by atoms with Crippen molar-refractivity contribution in [2.75, 3.05) is 13.7 Å². The van der Waals surface area contributed by atoms with Crippen LogP contribution in [-0.2, 0) is 20.1 Å². The van der Waals surface area contributed by atoms with Crippen molar-refractivity contribution >= 4 is 27.8 Å². The van der Waals surface area contributed by atoms with E-state index in [1.165, 1.54) is 12.8 Å².